The van der Waals surface area contributed by atoms with Crippen LogP contribution in [0.3, 0.4) is 0 Å². The summed E-state index contributed by atoms with van der Waals surface area (Å²) in [6, 6.07) is 0.611. The van der Waals surface area contributed by atoms with E-state index in [4.69, 9.17) is 0 Å². The third kappa shape index (κ3) is 4.94. The Labute approximate surface area is 105 Å². The molecule has 3 unspecified atom stereocenters. The van der Waals surface area contributed by atoms with Gasteiger partial charge >= 0.3 is 6.03 Å². The van der Waals surface area contributed by atoms with E-state index in [1.165, 1.54) is 19.3 Å². The van der Waals surface area contributed by atoms with Gasteiger partial charge in [0.2, 0.25) is 0 Å². The molecule has 0 aromatic rings. The molecule has 0 saturated heterocycles. The molecule has 0 aromatic carbocycles. The molecule has 1 fully saturated rings. The van der Waals surface area contributed by atoms with E-state index in [-0.39, 0.29) is 6.03 Å². The van der Waals surface area contributed by atoms with E-state index in [9.17, 15) is 4.79 Å². The second-order valence-electron chi connectivity index (χ2n) is 5.58. The highest BCUT2D eigenvalue weighted by molar-refractivity contribution is 5.73. The van der Waals surface area contributed by atoms with Gasteiger partial charge in [-0.05, 0) is 31.1 Å². The van der Waals surface area contributed by atoms with Crippen LogP contribution in [0.1, 0.15) is 33.1 Å². The van der Waals surface area contributed by atoms with Crippen LogP contribution in [0, 0.1) is 11.8 Å². The van der Waals surface area contributed by atoms with Crippen LogP contribution in [0.25, 0.3) is 0 Å². The predicted molar refractivity (Wildman–Crippen MR) is 71.1 cm³/mol. The number of nitrogens with zero attached hydrogens (tertiary/aromatic N) is 1. The summed E-state index contributed by atoms with van der Waals surface area (Å²) in [5, 5.41) is 6.42. The topological polar surface area (TPSA) is 44.4 Å². The molecule has 0 aromatic heterocycles. The van der Waals surface area contributed by atoms with Crippen molar-refractivity contribution >= 4 is 6.03 Å². The maximum absolute atomic E-state index is 11.3. The average molecular weight is 241 g/mol. The molecule has 1 aliphatic rings. The number of carbonyl (C=O) groups is 1. The molecule has 0 heterocycles. The van der Waals surface area contributed by atoms with Gasteiger partial charge in [0.15, 0.2) is 0 Å². The van der Waals surface area contributed by atoms with Crippen LogP contribution in [-0.2, 0) is 0 Å². The molecule has 0 spiro atoms. The fourth-order valence-electron chi connectivity index (χ4n) is 2.55. The minimum Gasteiger partial charge on any atom is -0.337 e. The number of nitrogens with one attached hydrogen (secondary N) is 2. The van der Waals surface area contributed by atoms with E-state index < -0.39 is 0 Å². The number of hydrogen-bond acceptors (Lipinski definition) is 2. The van der Waals surface area contributed by atoms with Crippen molar-refractivity contribution in [3.63, 3.8) is 0 Å². The molecule has 2 amide bonds. The summed E-state index contributed by atoms with van der Waals surface area (Å²) >= 11 is 0. The molecule has 2 N–H and O–H groups in total. The number of amides is 2. The summed E-state index contributed by atoms with van der Waals surface area (Å²) in [4.78, 5) is 12.8. The molecule has 1 saturated carbocycles. The van der Waals surface area contributed by atoms with Gasteiger partial charge in [-0.3, -0.25) is 0 Å². The molecular weight excluding hydrogens is 214 g/mol. The van der Waals surface area contributed by atoms with Crippen LogP contribution < -0.4 is 10.6 Å². The Hall–Kier alpha value is -0.770. The van der Waals surface area contributed by atoms with Gasteiger partial charge < -0.3 is 15.5 Å². The number of carbonyl (C=O) groups excluding carboxylic acids is 1. The van der Waals surface area contributed by atoms with Gasteiger partial charge in [-0.15, -0.1) is 0 Å². The zero-order chi connectivity index (χ0) is 12.8. The Balaban J connectivity index is 2.12. The van der Waals surface area contributed by atoms with Crippen LogP contribution in [-0.4, -0.2) is 44.2 Å². The lowest BCUT2D eigenvalue weighted by atomic mass is 9.80. The third-order valence-electron chi connectivity index (χ3n) is 3.65. The van der Waals surface area contributed by atoms with Crippen LogP contribution >= 0.6 is 0 Å². The van der Waals surface area contributed by atoms with Gasteiger partial charge in [-0.2, -0.15) is 0 Å². The summed E-state index contributed by atoms with van der Waals surface area (Å²) in [5.41, 5.74) is 0. The third-order valence-corrected chi connectivity index (χ3v) is 3.65. The van der Waals surface area contributed by atoms with E-state index in [1.807, 2.05) is 0 Å². The largest absolute Gasteiger partial charge is 0.337 e. The first kappa shape index (κ1) is 14.3. The van der Waals surface area contributed by atoms with Crippen molar-refractivity contribution in [2.24, 2.45) is 11.8 Å². The average Bonchev–Trinajstić information content (AvgIpc) is 2.26. The zero-order valence-electron chi connectivity index (χ0n) is 11.6. The van der Waals surface area contributed by atoms with Crippen LogP contribution in [0.5, 0.6) is 0 Å². The number of hydrogen-bond donors (Lipinski definition) is 2. The quantitative estimate of drug-likeness (QED) is 0.735. The maximum atomic E-state index is 11.3. The highest BCUT2D eigenvalue weighted by Crippen LogP contribution is 2.28. The predicted octanol–water partition coefficient (Wildman–Crippen LogP) is 1.67. The fourth-order valence-corrected chi connectivity index (χ4v) is 2.55. The summed E-state index contributed by atoms with van der Waals surface area (Å²) < 4.78 is 0. The van der Waals surface area contributed by atoms with Crippen molar-refractivity contribution in [3.05, 3.63) is 0 Å². The Morgan fingerprint density at radius 3 is 2.53 bits per heavy atom. The second kappa shape index (κ2) is 6.84. The number of urea groups is 1. The Kier molecular flexibility index (Phi) is 5.75. The smallest absolute Gasteiger partial charge is 0.316 e. The van der Waals surface area contributed by atoms with Gasteiger partial charge in [0.25, 0.3) is 0 Å². The summed E-state index contributed by atoms with van der Waals surface area (Å²) in [6.07, 6.45) is 3.91. The lowest BCUT2D eigenvalue weighted by molar-refractivity contribution is 0.214. The van der Waals surface area contributed by atoms with E-state index in [2.05, 4.69) is 24.5 Å². The molecule has 3 atom stereocenters. The van der Waals surface area contributed by atoms with E-state index >= 15 is 0 Å². The van der Waals surface area contributed by atoms with Crippen LogP contribution in [0.4, 0.5) is 4.79 Å². The monoisotopic (exact) mass is 241 g/mol. The zero-order valence-corrected chi connectivity index (χ0v) is 11.6. The Morgan fingerprint density at radius 2 is 1.94 bits per heavy atom. The molecule has 4 heteroatoms. The summed E-state index contributed by atoms with van der Waals surface area (Å²) in [5.74, 6) is 1.62. The number of rotatable bonds is 4. The van der Waals surface area contributed by atoms with Crippen molar-refractivity contribution in [1.29, 1.82) is 0 Å². The standard InChI is InChI=1S/C13H27N3O/c1-10-5-6-12(11(2)9-10)14-7-8-15-13(17)16(3)4/h10-12,14H,5-9H2,1-4H3,(H,15,17). The molecule has 1 rings (SSSR count). The van der Waals surface area contributed by atoms with Crippen LogP contribution in [0.15, 0.2) is 0 Å². The Morgan fingerprint density at radius 1 is 1.24 bits per heavy atom. The van der Waals surface area contributed by atoms with Crippen molar-refractivity contribution in [2.45, 2.75) is 39.2 Å². The SMILES string of the molecule is CC1CCC(NCCNC(=O)N(C)C)C(C)C1. The van der Waals surface area contributed by atoms with Crippen molar-refractivity contribution < 1.29 is 4.79 Å². The molecule has 0 radical (unpaired) electrons. The molecule has 17 heavy (non-hydrogen) atoms. The summed E-state index contributed by atoms with van der Waals surface area (Å²) in [7, 11) is 3.51. The molecule has 1 aliphatic carbocycles. The van der Waals surface area contributed by atoms with E-state index in [1.54, 1.807) is 19.0 Å². The maximum Gasteiger partial charge on any atom is 0.316 e. The normalized spacial score (nSPS) is 28.8. The summed E-state index contributed by atoms with van der Waals surface area (Å²) in [6.45, 7) is 6.23. The second-order valence-corrected chi connectivity index (χ2v) is 5.58. The molecule has 4 nitrogen and oxygen atoms in total. The van der Waals surface area contributed by atoms with E-state index in [0.29, 0.717) is 12.6 Å². The van der Waals surface area contributed by atoms with Gasteiger partial charge in [0.05, 0.1) is 0 Å². The highest BCUT2D eigenvalue weighted by Gasteiger charge is 2.24. The van der Waals surface area contributed by atoms with Crippen LogP contribution in [0.2, 0.25) is 0 Å². The first-order chi connectivity index (χ1) is 8.00. The van der Waals surface area contributed by atoms with E-state index in [0.717, 1.165) is 18.4 Å². The first-order valence-electron chi connectivity index (χ1n) is 6.69. The molecular formula is C13H27N3O. The van der Waals surface area contributed by atoms with Crippen molar-refractivity contribution in [3.8, 4) is 0 Å². The fraction of sp³-hybridized carbons (Fsp3) is 0.923. The molecule has 0 bridgehead atoms. The first-order valence-corrected chi connectivity index (χ1v) is 6.69. The minimum atomic E-state index is -0.0166. The van der Waals surface area contributed by atoms with Gasteiger partial charge in [0.1, 0.15) is 0 Å². The minimum absolute atomic E-state index is 0.0166. The van der Waals surface area contributed by atoms with Crippen molar-refractivity contribution in [1.82, 2.24) is 15.5 Å². The highest BCUT2D eigenvalue weighted by atomic mass is 16.2. The molecule has 0 aliphatic heterocycles. The van der Waals surface area contributed by atoms with Crippen molar-refractivity contribution in [2.75, 3.05) is 27.2 Å². The lowest BCUT2D eigenvalue weighted by Gasteiger charge is -2.33. The Bertz CT molecular complexity index is 243. The molecule has 100 valence electrons. The van der Waals surface area contributed by atoms with Gasteiger partial charge in [-0.25, -0.2) is 4.79 Å². The van der Waals surface area contributed by atoms with Gasteiger partial charge in [-0.1, -0.05) is 13.8 Å². The lowest BCUT2D eigenvalue weighted by Crippen LogP contribution is -2.44. The van der Waals surface area contributed by atoms with Gasteiger partial charge in [0, 0.05) is 33.2 Å².